The van der Waals surface area contributed by atoms with Crippen LogP contribution in [0.2, 0.25) is 0 Å². The lowest BCUT2D eigenvalue weighted by atomic mass is 10.1. The third-order valence-corrected chi connectivity index (χ3v) is 3.45. The molecule has 0 aliphatic rings. The van der Waals surface area contributed by atoms with Crippen molar-refractivity contribution in [3.63, 3.8) is 0 Å². The molecule has 0 atom stereocenters. The monoisotopic (exact) mass is 313 g/mol. The molecule has 5 heteroatoms. The topological polar surface area (TPSA) is 75.6 Å². The first-order valence-corrected chi connectivity index (χ1v) is 7.26. The third kappa shape index (κ3) is 4.57. The van der Waals surface area contributed by atoms with Crippen LogP contribution in [0.25, 0.3) is 0 Å². The zero-order valence-electron chi connectivity index (χ0n) is 13.1. The van der Waals surface area contributed by atoms with Crippen molar-refractivity contribution >= 4 is 23.3 Å². The maximum absolute atomic E-state index is 11.7. The Morgan fingerprint density at radius 3 is 2.35 bits per heavy atom. The van der Waals surface area contributed by atoms with E-state index in [1.54, 1.807) is 0 Å². The lowest BCUT2D eigenvalue weighted by molar-refractivity contribution is -0.154. The van der Waals surface area contributed by atoms with E-state index in [1.165, 1.54) is 0 Å². The minimum atomic E-state index is -1.17. The molecule has 2 N–H and O–H groups in total. The van der Waals surface area contributed by atoms with E-state index < -0.39 is 18.5 Å². The van der Waals surface area contributed by atoms with E-state index in [0.29, 0.717) is 0 Å². The van der Waals surface area contributed by atoms with Crippen LogP contribution in [0.1, 0.15) is 16.7 Å². The molecule has 2 aromatic rings. The average Bonchev–Trinajstić information content (AvgIpc) is 2.50. The summed E-state index contributed by atoms with van der Waals surface area (Å²) in [6, 6.07) is 13.4. The smallest absolute Gasteiger partial charge is 0.341 e. The van der Waals surface area contributed by atoms with Crippen molar-refractivity contribution in [2.24, 2.45) is 0 Å². The van der Waals surface area contributed by atoms with Gasteiger partial charge < -0.3 is 15.2 Å². The number of carboxylic acid groups (broad SMARTS) is 1. The second-order valence-corrected chi connectivity index (χ2v) is 5.28. The molecule has 0 amide bonds. The quantitative estimate of drug-likeness (QED) is 0.801. The first-order valence-electron chi connectivity index (χ1n) is 7.26. The molecular formula is C18H19NO4. The van der Waals surface area contributed by atoms with Gasteiger partial charge in [0.1, 0.15) is 0 Å². The molecule has 0 fully saturated rings. The Labute approximate surface area is 134 Å². The number of anilines is 2. The fourth-order valence-electron chi connectivity index (χ4n) is 2.29. The lowest BCUT2D eigenvalue weighted by Gasteiger charge is -2.15. The van der Waals surface area contributed by atoms with E-state index in [2.05, 4.69) is 5.32 Å². The Kier molecular flexibility index (Phi) is 5.36. The number of carboxylic acids is 1. The standard InChI is InChI=1S/C18H19NO4/c1-12-6-5-7-13(2)18(12)19-15-9-4-3-8-14(15)10-17(22)23-11-16(20)21/h3-9,19H,10-11H2,1-2H3,(H,20,21). The molecule has 0 aliphatic carbocycles. The molecule has 120 valence electrons. The summed E-state index contributed by atoms with van der Waals surface area (Å²) >= 11 is 0. The molecule has 0 spiro atoms. The van der Waals surface area contributed by atoms with Crippen molar-refractivity contribution in [3.8, 4) is 0 Å². The van der Waals surface area contributed by atoms with Gasteiger partial charge in [0.2, 0.25) is 0 Å². The molecule has 0 saturated heterocycles. The number of nitrogens with one attached hydrogen (secondary N) is 1. The highest BCUT2D eigenvalue weighted by molar-refractivity contribution is 5.79. The summed E-state index contributed by atoms with van der Waals surface area (Å²) in [6.07, 6.45) is 0.0153. The van der Waals surface area contributed by atoms with Crippen molar-refractivity contribution in [2.75, 3.05) is 11.9 Å². The Morgan fingerprint density at radius 2 is 1.70 bits per heavy atom. The van der Waals surface area contributed by atoms with Crippen LogP contribution < -0.4 is 5.32 Å². The summed E-state index contributed by atoms with van der Waals surface area (Å²) in [4.78, 5) is 22.2. The average molecular weight is 313 g/mol. The first-order chi connectivity index (χ1) is 11.0. The zero-order valence-corrected chi connectivity index (χ0v) is 13.1. The zero-order chi connectivity index (χ0) is 16.8. The molecular weight excluding hydrogens is 294 g/mol. The van der Waals surface area contributed by atoms with Crippen LogP contribution in [-0.2, 0) is 20.7 Å². The van der Waals surface area contributed by atoms with Crippen LogP contribution in [0.4, 0.5) is 11.4 Å². The van der Waals surface area contributed by atoms with E-state index in [-0.39, 0.29) is 6.42 Å². The van der Waals surface area contributed by atoms with E-state index in [4.69, 9.17) is 9.84 Å². The molecule has 0 aliphatic heterocycles. The van der Waals surface area contributed by atoms with Gasteiger partial charge >= 0.3 is 11.9 Å². The van der Waals surface area contributed by atoms with Gasteiger partial charge in [-0.15, -0.1) is 0 Å². The third-order valence-electron chi connectivity index (χ3n) is 3.45. The van der Waals surface area contributed by atoms with Crippen LogP contribution in [0.5, 0.6) is 0 Å². The maximum Gasteiger partial charge on any atom is 0.341 e. The van der Waals surface area contributed by atoms with Gasteiger partial charge in [0.15, 0.2) is 6.61 Å². The summed E-state index contributed by atoms with van der Waals surface area (Å²) in [5.41, 5.74) is 4.77. The summed E-state index contributed by atoms with van der Waals surface area (Å²) < 4.78 is 4.69. The van der Waals surface area contributed by atoms with Gasteiger partial charge in [-0.2, -0.15) is 0 Å². The van der Waals surface area contributed by atoms with Crippen LogP contribution in [0.15, 0.2) is 42.5 Å². The van der Waals surface area contributed by atoms with E-state index >= 15 is 0 Å². The number of ether oxygens (including phenoxy) is 1. The van der Waals surface area contributed by atoms with Crippen molar-refractivity contribution in [1.29, 1.82) is 0 Å². The Morgan fingerprint density at radius 1 is 1.04 bits per heavy atom. The van der Waals surface area contributed by atoms with Crippen LogP contribution in [-0.4, -0.2) is 23.7 Å². The highest BCUT2D eigenvalue weighted by Gasteiger charge is 2.12. The van der Waals surface area contributed by atoms with Gasteiger partial charge in [-0.05, 0) is 36.6 Å². The predicted molar refractivity (Wildman–Crippen MR) is 87.9 cm³/mol. The van der Waals surface area contributed by atoms with Gasteiger partial charge in [0, 0.05) is 11.4 Å². The summed E-state index contributed by atoms with van der Waals surface area (Å²) in [7, 11) is 0. The van der Waals surface area contributed by atoms with Gasteiger partial charge in [0.05, 0.1) is 6.42 Å². The van der Waals surface area contributed by atoms with Gasteiger partial charge in [0.25, 0.3) is 0 Å². The SMILES string of the molecule is Cc1cccc(C)c1Nc1ccccc1CC(=O)OCC(=O)O. The minimum Gasteiger partial charge on any atom is -0.479 e. The highest BCUT2D eigenvalue weighted by atomic mass is 16.5. The molecule has 2 rings (SSSR count). The molecule has 0 unspecified atom stereocenters. The number of rotatable bonds is 6. The van der Waals surface area contributed by atoms with Gasteiger partial charge in [-0.25, -0.2) is 4.79 Å². The maximum atomic E-state index is 11.7. The molecule has 23 heavy (non-hydrogen) atoms. The molecule has 0 radical (unpaired) electrons. The Bertz CT molecular complexity index is 704. The van der Waals surface area contributed by atoms with Crippen molar-refractivity contribution in [3.05, 3.63) is 59.2 Å². The predicted octanol–water partition coefficient (Wildman–Crippen LogP) is 3.22. The van der Waals surface area contributed by atoms with Crippen molar-refractivity contribution in [1.82, 2.24) is 0 Å². The second kappa shape index (κ2) is 7.45. The number of aryl methyl sites for hydroxylation is 2. The molecule has 0 bridgehead atoms. The molecule has 5 nitrogen and oxygen atoms in total. The van der Waals surface area contributed by atoms with Crippen LogP contribution in [0.3, 0.4) is 0 Å². The van der Waals surface area contributed by atoms with Gasteiger partial charge in [-0.1, -0.05) is 36.4 Å². The Balaban J connectivity index is 2.18. The number of aliphatic carboxylic acids is 1. The van der Waals surface area contributed by atoms with Crippen molar-refractivity contribution in [2.45, 2.75) is 20.3 Å². The molecule has 2 aromatic carbocycles. The fraction of sp³-hybridized carbons (Fsp3) is 0.222. The molecule has 0 aromatic heterocycles. The minimum absolute atomic E-state index is 0.0153. The van der Waals surface area contributed by atoms with Gasteiger partial charge in [-0.3, -0.25) is 4.79 Å². The van der Waals surface area contributed by atoms with Crippen LogP contribution >= 0.6 is 0 Å². The number of hydrogen-bond acceptors (Lipinski definition) is 4. The normalized spacial score (nSPS) is 10.2. The highest BCUT2D eigenvalue weighted by Crippen LogP contribution is 2.26. The lowest BCUT2D eigenvalue weighted by Crippen LogP contribution is -2.15. The van der Waals surface area contributed by atoms with E-state index in [9.17, 15) is 9.59 Å². The van der Waals surface area contributed by atoms with Crippen LogP contribution in [0, 0.1) is 13.8 Å². The largest absolute Gasteiger partial charge is 0.479 e. The number of hydrogen-bond donors (Lipinski definition) is 2. The second-order valence-electron chi connectivity index (χ2n) is 5.28. The number of carbonyl (C=O) groups excluding carboxylic acids is 1. The van der Waals surface area contributed by atoms with E-state index in [0.717, 1.165) is 28.1 Å². The van der Waals surface area contributed by atoms with Crippen molar-refractivity contribution < 1.29 is 19.4 Å². The van der Waals surface area contributed by atoms with E-state index in [1.807, 2.05) is 56.3 Å². The summed E-state index contributed by atoms with van der Waals surface area (Å²) in [5, 5.41) is 11.9. The number of esters is 1. The Hall–Kier alpha value is -2.82. The summed E-state index contributed by atoms with van der Waals surface area (Å²) in [6.45, 7) is 3.41. The number of carbonyl (C=O) groups is 2. The molecule has 0 saturated carbocycles. The summed E-state index contributed by atoms with van der Waals surface area (Å²) in [5.74, 6) is -1.73. The molecule has 0 heterocycles. The number of benzene rings is 2. The first kappa shape index (κ1) is 16.5. The number of para-hydroxylation sites is 2. The fourth-order valence-corrected chi connectivity index (χ4v) is 2.29.